The van der Waals surface area contributed by atoms with E-state index in [0.717, 1.165) is 0 Å². The minimum absolute atomic E-state index is 0.243. The monoisotopic (exact) mass is 407 g/mol. The molecule has 1 aromatic heterocycles. The molecule has 0 radical (unpaired) electrons. The number of thioether (sulfide) groups is 2. The number of hydrogen-bond donors (Lipinski definition) is 1. The number of ether oxygens (including phenoxy) is 2. The average molecular weight is 408 g/mol. The topological polar surface area (TPSA) is 77.8 Å². The molecule has 1 aliphatic heterocycles. The zero-order valence-corrected chi connectivity index (χ0v) is 16.5. The first kappa shape index (κ1) is 19.7. The Morgan fingerprint density at radius 3 is 2.59 bits per heavy atom. The molecule has 0 unspecified atom stereocenters. The molecule has 27 heavy (non-hydrogen) atoms. The number of esters is 1. The van der Waals surface area contributed by atoms with Gasteiger partial charge in [-0.3, -0.25) is 4.79 Å². The molecule has 1 fully saturated rings. The van der Waals surface area contributed by atoms with E-state index in [4.69, 9.17) is 13.9 Å². The van der Waals surface area contributed by atoms with Crippen molar-refractivity contribution in [3.05, 3.63) is 54.0 Å². The molecular weight excluding hydrogens is 386 g/mol. The van der Waals surface area contributed by atoms with Gasteiger partial charge in [-0.25, -0.2) is 4.79 Å². The Morgan fingerprint density at radius 2 is 1.93 bits per heavy atom. The summed E-state index contributed by atoms with van der Waals surface area (Å²) in [5.41, 5.74) is 1.25. The lowest BCUT2D eigenvalue weighted by Crippen LogP contribution is -2.31. The van der Waals surface area contributed by atoms with E-state index < -0.39 is 11.9 Å². The quantitative estimate of drug-likeness (QED) is 0.671. The number of furan rings is 1. The Kier molecular flexibility index (Phi) is 7.11. The third-order valence-corrected chi connectivity index (χ3v) is 6.95. The first-order chi connectivity index (χ1) is 13.1. The van der Waals surface area contributed by atoms with Crippen molar-refractivity contribution in [1.29, 1.82) is 0 Å². The van der Waals surface area contributed by atoms with Crippen molar-refractivity contribution in [2.45, 2.75) is 17.5 Å². The maximum Gasteiger partial charge on any atom is 0.344 e. The summed E-state index contributed by atoms with van der Waals surface area (Å²) in [6.07, 6.45) is 1.54. The van der Waals surface area contributed by atoms with Gasteiger partial charge in [-0.05, 0) is 36.8 Å². The van der Waals surface area contributed by atoms with Gasteiger partial charge in [-0.1, -0.05) is 12.1 Å². The third-order valence-electron chi connectivity index (χ3n) is 3.84. The summed E-state index contributed by atoms with van der Waals surface area (Å²) in [6.45, 7) is 1.18. The number of carbonyl (C=O) groups is 2. The summed E-state index contributed by atoms with van der Waals surface area (Å²) in [6, 6.07) is 10.9. The largest absolute Gasteiger partial charge is 0.482 e. The van der Waals surface area contributed by atoms with E-state index in [9.17, 15) is 9.59 Å². The van der Waals surface area contributed by atoms with Crippen LogP contribution in [0.1, 0.15) is 28.9 Å². The van der Waals surface area contributed by atoms with Gasteiger partial charge < -0.3 is 19.2 Å². The highest BCUT2D eigenvalue weighted by Gasteiger charge is 2.18. The van der Waals surface area contributed by atoms with E-state index in [1.807, 2.05) is 47.8 Å². The minimum Gasteiger partial charge on any atom is -0.482 e. The van der Waals surface area contributed by atoms with E-state index in [-0.39, 0.29) is 19.3 Å². The van der Waals surface area contributed by atoms with Gasteiger partial charge in [0.05, 0.1) is 16.9 Å². The number of carbonyl (C=O) groups excluding carboxylic acids is 2. The van der Waals surface area contributed by atoms with Crippen LogP contribution in [0.25, 0.3) is 0 Å². The standard InChI is InChI=1S/C19H21NO5S2/c1-13(16-3-2-8-23-16)20-17(21)11-25-18(22)12-24-15-6-4-14(5-7-15)19-26-9-10-27-19/h2-8,13,19H,9-12H2,1H3,(H,20,21)/t13-/m1/s1. The normalized spacial score (nSPS) is 15.3. The highest BCUT2D eigenvalue weighted by molar-refractivity contribution is 8.19. The summed E-state index contributed by atoms with van der Waals surface area (Å²) in [4.78, 5) is 23.6. The van der Waals surface area contributed by atoms with Crippen LogP contribution < -0.4 is 10.1 Å². The van der Waals surface area contributed by atoms with Crippen molar-refractivity contribution < 1.29 is 23.5 Å². The van der Waals surface area contributed by atoms with Crippen molar-refractivity contribution in [1.82, 2.24) is 5.32 Å². The van der Waals surface area contributed by atoms with Crippen LogP contribution in [0.5, 0.6) is 5.75 Å². The highest BCUT2D eigenvalue weighted by atomic mass is 32.2. The van der Waals surface area contributed by atoms with Gasteiger partial charge in [0.15, 0.2) is 13.2 Å². The van der Waals surface area contributed by atoms with Gasteiger partial charge in [0, 0.05) is 11.5 Å². The molecule has 1 N–H and O–H groups in total. The molecule has 1 amide bonds. The summed E-state index contributed by atoms with van der Waals surface area (Å²) in [5, 5.41) is 2.69. The molecule has 1 aromatic carbocycles. The highest BCUT2D eigenvalue weighted by Crippen LogP contribution is 2.45. The third kappa shape index (κ3) is 5.97. The molecule has 0 spiro atoms. The Hall–Kier alpha value is -2.06. The van der Waals surface area contributed by atoms with Crippen LogP contribution in [0.3, 0.4) is 0 Å². The molecule has 0 aliphatic carbocycles. The maximum atomic E-state index is 11.8. The Bertz CT molecular complexity index is 742. The molecule has 8 heteroatoms. The van der Waals surface area contributed by atoms with Gasteiger partial charge in [0.2, 0.25) is 0 Å². The lowest BCUT2D eigenvalue weighted by atomic mass is 10.2. The van der Waals surface area contributed by atoms with Crippen LogP contribution in [0.2, 0.25) is 0 Å². The first-order valence-electron chi connectivity index (χ1n) is 8.56. The predicted octanol–water partition coefficient (Wildman–Crippen LogP) is 3.56. The van der Waals surface area contributed by atoms with Gasteiger partial charge in [0.25, 0.3) is 5.91 Å². The van der Waals surface area contributed by atoms with E-state index >= 15 is 0 Å². The number of nitrogens with one attached hydrogen (secondary N) is 1. The Morgan fingerprint density at radius 1 is 1.19 bits per heavy atom. The molecule has 0 bridgehead atoms. The zero-order chi connectivity index (χ0) is 19.1. The smallest absolute Gasteiger partial charge is 0.344 e. The molecular formula is C19H21NO5S2. The lowest BCUT2D eigenvalue weighted by Gasteiger charge is -2.12. The second-order valence-electron chi connectivity index (χ2n) is 5.90. The molecule has 1 saturated heterocycles. The van der Waals surface area contributed by atoms with Crippen LogP contribution in [0.4, 0.5) is 0 Å². The summed E-state index contributed by atoms with van der Waals surface area (Å²) >= 11 is 3.87. The molecule has 2 aromatic rings. The van der Waals surface area contributed by atoms with E-state index in [1.165, 1.54) is 23.3 Å². The van der Waals surface area contributed by atoms with E-state index in [0.29, 0.717) is 16.1 Å². The van der Waals surface area contributed by atoms with Crippen LogP contribution in [0, 0.1) is 0 Å². The zero-order valence-electron chi connectivity index (χ0n) is 14.9. The fourth-order valence-electron chi connectivity index (χ4n) is 2.49. The Labute approximate surface area is 166 Å². The molecule has 6 nitrogen and oxygen atoms in total. The van der Waals surface area contributed by atoms with Gasteiger partial charge in [0.1, 0.15) is 11.5 Å². The van der Waals surface area contributed by atoms with Crippen LogP contribution in [-0.4, -0.2) is 36.6 Å². The molecule has 0 saturated carbocycles. The lowest BCUT2D eigenvalue weighted by molar-refractivity contribution is -0.150. The van der Waals surface area contributed by atoms with Gasteiger partial charge in [-0.2, -0.15) is 0 Å². The van der Waals surface area contributed by atoms with Crippen LogP contribution >= 0.6 is 23.5 Å². The van der Waals surface area contributed by atoms with Crippen molar-refractivity contribution >= 4 is 35.4 Å². The summed E-state index contributed by atoms with van der Waals surface area (Å²) < 4.78 is 16.0. The Balaban J connectivity index is 1.36. The predicted molar refractivity (Wildman–Crippen MR) is 106 cm³/mol. The fraction of sp³-hybridized carbons (Fsp3) is 0.368. The second-order valence-corrected chi connectivity index (χ2v) is 8.62. The molecule has 2 heterocycles. The van der Waals surface area contributed by atoms with Gasteiger partial charge in [-0.15, -0.1) is 23.5 Å². The van der Waals surface area contributed by atoms with Crippen molar-refractivity contribution in [2.24, 2.45) is 0 Å². The number of benzene rings is 1. The number of rotatable bonds is 8. The SMILES string of the molecule is C[C@@H](NC(=O)COC(=O)COc1ccc(C2SCCS2)cc1)c1ccco1. The van der Waals surface area contributed by atoms with Crippen LogP contribution in [-0.2, 0) is 14.3 Å². The van der Waals surface area contributed by atoms with Crippen molar-refractivity contribution in [2.75, 3.05) is 24.7 Å². The van der Waals surface area contributed by atoms with Crippen LogP contribution in [0.15, 0.2) is 47.1 Å². The summed E-state index contributed by atoms with van der Waals surface area (Å²) in [5.74, 6) is 2.58. The number of hydrogen-bond acceptors (Lipinski definition) is 7. The maximum absolute atomic E-state index is 11.8. The molecule has 144 valence electrons. The van der Waals surface area contributed by atoms with Crippen molar-refractivity contribution in [3.8, 4) is 5.75 Å². The second kappa shape index (κ2) is 9.75. The summed E-state index contributed by atoms with van der Waals surface area (Å²) in [7, 11) is 0. The first-order valence-corrected chi connectivity index (χ1v) is 10.7. The van der Waals surface area contributed by atoms with Crippen molar-refractivity contribution in [3.63, 3.8) is 0 Å². The number of amides is 1. The molecule has 1 atom stereocenters. The average Bonchev–Trinajstić information content (AvgIpc) is 3.39. The molecule has 3 rings (SSSR count). The molecule has 1 aliphatic rings. The van der Waals surface area contributed by atoms with Gasteiger partial charge >= 0.3 is 5.97 Å². The fourth-order valence-corrected chi connectivity index (χ4v) is 5.35. The van der Waals surface area contributed by atoms with E-state index in [2.05, 4.69) is 5.32 Å². The minimum atomic E-state index is -0.596. The van der Waals surface area contributed by atoms with E-state index in [1.54, 1.807) is 19.1 Å².